The van der Waals surface area contributed by atoms with E-state index >= 15 is 0 Å². The summed E-state index contributed by atoms with van der Waals surface area (Å²) in [5.41, 5.74) is 1.04. The van der Waals surface area contributed by atoms with Crippen LogP contribution in [0.25, 0.3) is 0 Å². The molecule has 2 rings (SSSR count). The van der Waals surface area contributed by atoms with Crippen LogP contribution in [0, 0.1) is 0 Å². The summed E-state index contributed by atoms with van der Waals surface area (Å²) >= 11 is 3.46. The average molecular weight is 297 g/mol. The number of hydrogen-bond acceptors (Lipinski definition) is 2. The molecule has 1 aromatic rings. The fraction of sp³-hybridized carbons (Fsp3) is 0.462. The molecule has 0 spiro atoms. The Labute approximate surface area is 110 Å². The van der Waals surface area contributed by atoms with Gasteiger partial charge in [-0.3, -0.25) is 4.79 Å². The highest BCUT2D eigenvalue weighted by atomic mass is 79.9. The van der Waals surface area contributed by atoms with E-state index in [-0.39, 0.29) is 5.91 Å². The van der Waals surface area contributed by atoms with Gasteiger partial charge in [-0.2, -0.15) is 0 Å². The van der Waals surface area contributed by atoms with Crippen LogP contribution in [-0.4, -0.2) is 25.0 Å². The molecule has 4 heteroatoms. The van der Waals surface area contributed by atoms with Crippen molar-refractivity contribution in [3.8, 4) is 0 Å². The predicted octanol–water partition coefficient (Wildman–Crippen LogP) is 1.86. The second-order valence-electron chi connectivity index (χ2n) is 4.36. The summed E-state index contributed by atoms with van der Waals surface area (Å²) in [6, 6.07) is 8.20. The summed E-state index contributed by atoms with van der Waals surface area (Å²) in [5, 5.41) is 6.38. The lowest BCUT2D eigenvalue weighted by atomic mass is 10.1. The van der Waals surface area contributed by atoms with E-state index in [0.717, 1.165) is 36.0 Å². The molecule has 1 amide bonds. The van der Waals surface area contributed by atoms with Gasteiger partial charge in [-0.05, 0) is 37.6 Å². The van der Waals surface area contributed by atoms with Crippen molar-refractivity contribution in [2.45, 2.75) is 25.3 Å². The Morgan fingerprint density at radius 2 is 2.06 bits per heavy atom. The van der Waals surface area contributed by atoms with Crippen LogP contribution in [0.2, 0.25) is 0 Å². The molecular weight excluding hydrogens is 280 g/mol. The minimum absolute atomic E-state index is 0.115. The topological polar surface area (TPSA) is 41.1 Å². The Kier molecular flexibility index (Phi) is 4.57. The summed E-state index contributed by atoms with van der Waals surface area (Å²) in [6.07, 6.45) is 2.51. The van der Waals surface area contributed by atoms with Gasteiger partial charge in [0.25, 0.3) is 0 Å². The Balaban J connectivity index is 1.86. The Hall–Kier alpha value is -0.870. The van der Waals surface area contributed by atoms with Crippen molar-refractivity contribution >= 4 is 21.8 Å². The molecule has 1 heterocycles. The maximum absolute atomic E-state index is 11.9. The number of benzene rings is 1. The third-order valence-corrected chi connectivity index (χ3v) is 3.79. The predicted molar refractivity (Wildman–Crippen MR) is 71.9 cm³/mol. The van der Waals surface area contributed by atoms with E-state index in [4.69, 9.17) is 0 Å². The molecule has 1 saturated heterocycles. The number of amides is 1. The van der Waals surface area contributed by atoms with Gasteiger partial charge in [0.1, 0.15) is 0 Å². The minimum atomic E-state index is 0.115. The number of rotatable bonds is 3. The molecule has 92 valence electrons. The number of nitrogens with one attached hydrogen (secondary N) is 2. The van der Waals surface area contributed by atoms with Crippen LogP contribution >= 0.6 is 15.9 Å². The summed E-state index contributed by atoms with van der Waals surface area (Å²) in [7, 11) is 0. The lowest BCUT2D eigenvalue weighted by Crippen LogP contribution is -2.43. The van der Waals surface area contributed by atoms with E-state index in [1.807, 2.05) is 24.3 Å². The number of hydrogen-bond donors (Lipinski definition) is 2. The van der Waals surface area contributed by atoms with Crippen molar-refractivity contribution in [1.29, 1.82) is 0 Å². The van der Waals surface area contributed by atoms with Crippen LogP contribution in [0.3, 0.4) is 0 Å². The van der Waals surface area contributed by atoms with Crippen LogP contribution in [0.5, 0.6) is 0 Å². The molecule has 0 atom stereocenters. The minimum Gasteiger partial charge on any atom is -0.353 e. The summed E-state index contributed by atoms with van der Waals surface area (Å²) in [5.74, 6) is 0.115. The molecule has 1 fully saturated rings. The molecule has 0 aromatic heterocycles. The summed E-state index contributed by atoms with van der Waals surface area (Å²) in [4.78, 5) is 11.9. The SMILES string of the molecule is O=C(Cc1ccccc1Br)NC1CCNCC1. The molecule has 1 aliphatic heterocycles. The number of carbonyl (C=O) groups excluding carboxylic acids is 1. The van der Waals surface area contributed by atoms with Crippen molar-refractivity contribution in [2.75, 3.05) is 13.1 Å². The van der Waals surface area contributed by atoms with Crippen molar-refractivity contribution in [2.24, 2.45) is 0 Å². The molecule has 0 saturated carbocycles. The van der Waals surface area contributed by atoms with Crippen LogP contribution in [0.4, 0.5) is 0 Å². The first kappa shape index (κ1) is 12.6. The Morgan fingerprint density at radius 1 is 1.35 bits per heavy atom. The highest BCUT2D eigenvalue weighted by Gasteiger charge is 2.15. The molecule has 0 bridgehead atoms. The van der Waals surface area contributed by atoms with E-state index in [1.165, 1.54) is 0 Å². The molecule has 2 N–H and O–H groups in total. The lowest BCUT2D eigenvalue weighted by molar-refractivity contribution is -0.121. The van der Waals surface area contributed by atoms with E-state index < -0.39 is 0 Å². The number of piperidine rings is 1. The van der Waals surface area contributed by atoms with Gasteiger partial charge in [0.05, 0.1) is 6.42 Å². The molecule has 1 aliphatic rings. The Morgan fingerprint density at radius 3 is 2.76 bits per heavy atom. The molecule has 0 radical (unpaired) electrons. The molecule has 0 aliphatic carbocycles. The fourth-order valence-electron chi connectivity index (χ4n) is 2.06. The van der Waals surface area contributed by atoms with E-state index in [9.17, 15) is 4.79 Å². The second-order valence-corrected chi connectivity index (χ2v) is 5.21. The van der Waals surface area contributed by atoms with E-state index in [1.54, 1.807) is 0 Å². The molecule has 3 nitrogen and oxygen atoms in total. The molecule has 17 heavy (non-hydrogen) atoms. The summed E-state index contributed by atoms with van der Waals surface area (Å²) < 4.78 is 1.00. The number of halogens is 1. The quantitative estimate of drug-likeness (QED) is 0.894. The van der Waals surface area contributed by atoms with Crippen molar-refractivity contribution in [1.82, 2.24) is 10.6 Å². The van der Waals surface area contributed by atoms with Gasteiger partial charge in [-0.15, -0.1) is 0 Å². The fourth-order valence-corrected chi connectivity index (χ4v) is 2.48. The zero-order valence-corrected chi connectivity index (χ0v) is 11.3. The van der Waals surface area contributed by atoms with Crippen molar-refractivity contribution < 1.29 is 4.79 Å². The first-order chi connectivity index (χ1) is 8.25. The highest BCUT2D eigenvalue weighted by molar-refractivity contribution is 9.10. The second kappa shape index (κ2) is 6.17. The standard InChI is InChI=1S/C13H17BrN2O/c14-12-4-2-1-3-10(12)9-13(17)16-11-5-7-15-8-6-11/h1-4,11,15H,5-9H2,(H,16,17). The zero-order valence-electron chi connectivity index (χ0n) is 9.71. The van der Waals surface area contributed by atoms with Crippen molar-refractivity contribution in [3.63, 3.8) is 0 Å². The Bertz CT molecular complexity index is 389. The van der Waals surface area contributed by atoms with Gasteiger partial charge in [0.2, 0.25) is 5.91 Å². The highest BCUT2D eigenvalue weighted by Crippen LogP contribution is 2.16. The first-order valence-corrected chi connectivity index (χ1v) is 6.78. The van der Waals surface area contributed by atoms with Gasteiger partial charge >= 0.3 is 0 Å². The lowest BCUT2D eigenvalue weighted by Gasteiger charge is -2.23. The molecule has 1 aromatic carbocycles. The van der Waals surface area contributed by atoms with Gasteiger partial charge in [0, 0.05) is 10.5 Å². The zero-order chi connectivity index (χ0) is 12.1. The maximum atomic E-state index is 11.9. The van der Waals surface area contributed by atoms with Crippen LogP contribution in [-0.2, 0) is 11.2 Å². The largest absolute Gasteiger partial charge is 0.353 e. The van der Waals surface area contributed by atoms with Crippen molar-refractivity contribution in [3.05, 3.63) is 34.3 Å². The monoisotopic (exact) mass is 296 g/mol. The van der Waals surface area contributed by atoms with E-state index in [0.29, 0.717) is 12.5 Å². The first-order valence-electron chi connectivity index (χ1n) is 5.99. The van der Waals surface area contributed by atoms with Gasteiger partial charge in [-0.25, -0.2) is 0 Å². The van der Waals surface area contributed by atoms with E-state index in [2.05, 4.69) is 26.6 Å². The number of carbonyl (C=O) groups is 1. The van der Waals surface area contributed by atoms with Crippen LogP contribution in [0.1, 0.15) is 18.4 Å². The third-order valence-electron chi connectivity index (χ3n) is 3.01. The average Bonchev–Trinajstić information content (AvgIpc) is 2.33. The normalized spacial score (nSPS) is 16.8. The van der Waals surface area contributed by atoms with Crippen LogP contribution in [0.15, 0.2) is 28.7 Å². The van der Waals surface area contributed by atoms with Gasteiger partial charge in [-0.1, -0.05) is 34.1 Å². The van der Waals surface area contributed by atoms with Crippen LogP contribution < -0.4 is 10.6 Å². The summed E-state index contributed by atoms with van der Waals surface area (Å²) in [6.45, 7) is 2.00. The van der Waals surface area contributed by atoms with Gasteiger partial charge < -0.3 is 10.6 Å². The smallest absolute Gasteiger partial charge is 0.224 e. The molecular formula is C13H17BrN2O. The van der Waals surface area contributed by atoms with Gasteiger partial charge in [0.15, 0.2) is 0 Å². The third kappa shape index (κ3) is 3.82. The maximum Gasteiger partial charge on any atom is 0.224 e. The molecule has 0 unspecified atom stereocenters.